The lowest BCUT2D eigenvalue weighted by molar-refractivity contribution is 0.289. The number of nitrogens with two attached hydrogens (primary N) is 1. The number of rotatable bonds is 4. The fourth-order valence-corrected chi connectivity index (χ4v) is 1.63. The van der Waals surface area contributed by atoms with Gasteiger partial charge in [-0.2, -0.15) is 0 Å². The zero-order valence-corrected chi connectivity index (χ0v) is 10.4. The van der Waals surface area contributed by atoms with Crippen LogP contribution < -0.4 is 10.5 Å². The Balaban J connectivity index is 2.11. The lowest BCUT2D eigenvalue weighted by Crippen LogP contribution is -2.13. The van der Waals surface area contributed by atoms with E-state index >= 15 is 0 Å². The van der Waals surface area contributed by atoms with E-state index in [-0.39, 0.29) is 18.2 Å². The standard InChI is InChI=1S/C14H12F2N2O2/c15-11-4-5-13(12(16)7-11)20-8-9-2-1-3-10(6-9)14(17)18-19/h1-7,19H,8H2,(H2,17,18). The van der Waals surface area contributed by atoms with Gasteiger partial charge in [-0.05, 0) is 23.8 Å². The summed E-state index contributed by atoms with van der Waals surface area (Å²) in [6.07, 6.45) is 0. The maximum atomic E-state index is 13.4. The van der Waals surface area contributed by atoms with Crippen molar-refractivity contribution < 1.29 is 18.7 Å². The van der Waals surface area contributed by atoms with Crippen molar-refractivity contribution in [1.82, 2.24) is 0 Å². The van der Waals surface area contributed by atoms with Gasteiger partial charge in [-0.15, -0.1) is 0 Å². The number of hydrogen-bond donors (Lipinski definition) is 2. The summed E-state index contributed by atoms with van der Waals surface area (Å²) in [6.45, 7) is 0.0785. The van der Waals surface area contributed by atoms with Crippen molar-refractivity contribution in [2.24, 2.45) is 10.9 Å². The molecule has 0 aromatic heterocycles. The normalized spacial score (nSPS) is 11.4. The molecule has 2 rings (SSSR count). The summed E-state index contributed by atoms with van der Waals surface area (Å²) in [7, 11) is 0. The molecule has 0 saturated carbocycles. The second-order valence-electron chi connectivity index (χ2n) is 4.05. The van der Waals surface area contributed by atoms with Gasteiger partial charge in [0.2, 0.25) is 0 Å². The van der Waals surface area contributed by atoms with E-state index in [1.807, 2.05) is 0 Å². The van der Waals surface area contributed by atoms with Gasteiger partial charge in [0, 0.05) is 11.6 Å². The fourth-order valence-electron chi connectivity index (χ4n) is 1.63. The molecule has 0 spiro atoms. The van der Waals surface area contributed by atoms with Crippen LogP contribution in [0.5, 0.6) is 5.75 Å². The third-order valence-electron chi connectivity index (χ3n) is 2.62. The molecule has 0 unspecified atom stereocenters. The molecule has 0 bridgehead atoms. The fraction of sp³-hybridized carbons (Fsp3) is 0.0714. The van der Waals surface area contributed by atoms with Crippen molar-refractivity contribution >= 4 is 5.84 Å². The average Bonchev–Trinajstić information content (AvgIpc) is 2.46. The average molecular weight is 278 g/mol. The minimum atomic E-state index is -0.766. The van der Waals surface area contributed by atoms with Gasteiger partial charge in [-0.1, -0.05) is 23.4 Å². The summed E-state index contributed by atoms with van der Waals surface area (Å²) < 4.78 is 31.4. The highest BCUT2D eigenvalue weighted by atomic mass is 19.1. The molecule has 0 fully saturated rings. The summed E-state index contributed by atoms with van der Waals surface area (Å²) in [5.74, 6) is -1.50. The molecule has 2 aromatic rings. The third kappa shape index (κ3) is 3.23. The summed E-state index contributed by atoms with van der Waals surface area (Å²) in [5.41, 5.74) is 6.70. The number of oxime groups is 1. The monoisotopic (exact) mass is 278 g/mol. The van der Waals surface area contributed by atoms with Crippen molar-refractivity contribution in [3.05, 3.63) is 65.2 Å². The van der Waals surface area contributed by atoms with Crippen LogP contribution in [-0.4, -0.2) is 11.0 Å². The van der Waals surface area contributed by atoms with Crippen molar-refractivity contribution in [2.45, 2.75) is 6.61 Å². The van der Waals surface area contributed by atoms with Gasteiger partial charge >= 0.3 is 0 Å². The predicted octanol–water partition coefficient (Wildman–Crippen LogP) is 2.64. The van der Waals surface area contributed by atoms with Crippen molar-refractivity contribution in [2.75, 3.05) is 0 Å². The van der Waals surface area contributed by atoms with E-state index in [4.69, 9.17) is 15.7 Å². The second kappa shape index (κ2) is 6.01. The lowest BCUT2D eigenvalue weighted by atomic mass is 10.1. The van der Waals surface area contributed by atoms with Crippen LogP contribution in [0.4, 0.5) is 8.78 Å². The van der Waals surface area contributed by atoms with Crippen molar-refractivity contribution in [3.8, 4) is 5.75 Å². The van der Waals surface area contributed by atoms with Crippen LogP contribution >= 0.6 is 0 Å². The van der Waals surface area contributed by atoms with Gasteiger partial charge in [0.15, 0.2) is 17.4 Å². The molecule has 0 saturated heterocycles. The Hall–Kier alpha value is -2.63. The molecule has 104 valence electrons. The molecule has 2 aromatic carbocycles. The molecule has 0 amide bonds. The quantitative estimate of drug-likeness (QED) is 0.391. The molecule has 0 atom stereocenters. The van der Waals surface area contributed by atoms with Crippen LogP contribution in [0, 0.1) is 11.6 Å². The summed E-state index contributed by atoms with van der Waals surface area (Å²) in [4.78, 5) is 0. The minimum absolute atomic E-state index is 0.0280. The van der Waals surface area contributed by atoms with Gasteiger partial charge in [-0.3, -0.25) is 0 Å². The zero-order valence-electron chi connectivity index (χ0n) is 10.4. The first-order valence-corrected chi connectivity index (χ1v) is 5.75. The molecule has 0 heterocycles. The smallest absolute Gasteiger partial charge is 0.170 e. The van der Waals surface area contributed by atoms with Crippen molar-refractivity contribution in [3.63, 3.8) is 0 Å². The first-order chi connectivity index (χ1) is 9.60. The SMILES string of the molecule is N/C(=N\O)c1cccc(COc2ccc(F)cc2F)c1. The van der Waals surface area contributed by atoms with Crippen LogP contribution in [0.15, 0.2) is 47.6 Å². The summed E-state index contributed by atoms with van der Waals surface area (Å²) in [6, 6.07) is 9.85. The molecular formula is C14H12F2N2O2. The second-order valence-corrected chi connectivity index (χ2v) is 4.05. The minimum Gasteiger partial charge on any atom is -0.486 e. The van der Waals surface area contributed by atoms with Crippen LogP contribution in [0.2, 0.25) is 0 Å². The Labute approximate surface area is 114 Å². The van der Waals surface area contributed by atoms with E-state index in [1.165, 1.54) is 6.07 Å². The van der Waals surface area contributed by atoms with Crippen LogP contribution in [-0.2, 0) is 6.61 Å². The Kier molecular flexibility index (Phi) is 4.14. The molecule has 0 aliphatic heterocycles. The van der Waals surface area contributed by atoms with E-state index < -0.39 is 11.6 Å². The van der Waals surface area contributed by atoms with E-state index in [1.54, 1.807) is 24.3 Å². The van der Waals surface area contributed by atoms with Crippen LogP contribution in [0.25, 0.3) is 0 Å². The Bertz CT molecular complexity index is 645. The highest BCUT2D eigenvalue weighted by molar-refractivity contribution is 5.97. The molecule has 0 radical (unpaired) electrons. The van der Waals surface area contributed by atoms with E-state index in [0.29, 0.717) is 11.1 Å². The molecular weight excluding hydrogens is 266 g/mol. The molecule has 4 nitrogen and oxygen atoms in total. The molecule has 3 N–H and O–H groups in total. The maximum absolute atomic E-state index is 13.4. The molecule has 20 heavy (non-hydrogen) atoms. The first kappa shape index (κ1) is 13.8. The number of halogens is 2. The third-order valence-corrected chi connectivity index (χ3v) is 2.62. The van der Waals surface area contributed by atoms with Crippen LogP contribution in [0.3, 0.4) is 0 Å². The Morgan fingerprint density at radius 3 is 2.70 bits per heavy atom. The highest BCUT2D eigenvalue weighted by Gasteiger charge is 2.06. The number of hydrogen-bond acceptors (Lipinski definition) is 3. The number of amidine groups is 1. The number of nitrogens with zero attached hydrogens (tertiary/aromatic N) is 1. The number of benzene rings is 2. The van der Waals surface area contributed by atoms with E-state index in [9.17, 15) is 8.78 Å². The van der Waals surface area contributed by atoms with E-state index in [2.05, 4.69) is 5.16 Å². The van der Waals surface area contributed by atoms with Gasteiger partial charge < -0.3 is 15.7 Å². The van der Waals surface area contributed by atoms with Crippen molar-refractivity contribution in [1.29, 1.82) is 0 Å². The predicted molar refractivity (Wildman–Crippen MR) is 69.6 cm³/mol. The molecule has 0 aliphatic carbocycles. The largest absolute Gasteiger partial charge is 0.486 e. The molecule has 6 heteroatoms. The van der Waals surface area contributed by atoms with Crippen LogP contribution in [0.1, 0.15) is 11.1 Å². The first-order valence-electron chi connectivity index (χ1n) is 5.75. The summed E-state index contributed by atoms with van der Waals surface area (Å²) >= 11 is 0. The Morgan fingerprint density at radius 1 is 1.20 bits per heavy atom. The molecule has 0 aliphatic rings. The highest BCUT2D eigenvalue weighted by Crippen LogP contribution is 2.19. The zero-order chi connectivity index (χ0) is 14.5. The van der Waals surface area contributed by atoms with E-state index in [0.717, 1.165) is 12.1 Å². The topological polar surface area (TPSA) is 67.8 Å². The van der Waals surface area contributed by atoms with Gasteiger partial charge in [-0.25, -0.2) is 8.78 Å². The maximum Gasteiger partial charge on any atom is 0.170 e. The lowest BCUT2D eigenvalue weighted by Gasteiger charge is -2.08. The van der Waals surface area contributed by atoms with Gasteiger partial charge in [0.1, 0.15) is 12.4 Å². The van der Waals surface area contributed by atoms with Gasteiger partial charge in [0.25, 0.3) is 0 Å². The number of ether oxygens (including phenoxy) is 1. The summed E-state index contributed by atoms with van der Waals surface area (Å²) in [5, 5.41) is 11.5. The van der Waals surface area contributed by atoms with Gasteiger partial charge in [0.05, 0.1) is 0 Å². The Morgan fingerprint density at radius 2 is 2.00 bits per heavy atom.